The zero-order chi connectivity index (χ0) is 21.7. The number of nitrogens with one attached hydrogen (secondary N) is 1. The van der Waals surface area contributed by atoms with Gasteiger partial charge in [0.25, 0.3) is 0 Å². The molecule has 4 rings (SSSR count). The molecule has 30 heavy (non-hydrogen) atoms. The highest BCUT2D eigenvalue weighted by Crippen LogP contribution is 2.44. The minimum atomic E-state index is -0.0843. The van der Waals surface area contributed by atoms with Gasteiger partial charge in [-0.05, 0) is 46.2 Å². The molecule has 1 unspecified atom stereocenters. The predicted molar refractivity (Wildman–Crippen MR) is 122 cm³/mol. The molecule has 7 nitrogen and oxygen atoms in total. The summed E-state index contributed by atoms with van der Waals surface area (Å²) in [5.41, 5.74) is 11.2. The summed E-state index contributed by atoms with van der Waals surface area (Å²) in [7, 11) is 1.74. The number of ether oxygens (including phenoxy) is 1. The Balaban J connectivity index is 1.79. The van der Waals surface area contributed by atoms with Crippen molar-refractivity contribution >= 4 is 23.3 Å². The van der Waals surface area contributed by atoms with Gasteiger partial charge in [0, 0.05) is 41.2 Å². The average molecular weight is 431 g/mol. The molecule has 1 atom stereocenters. The van der Waals surface area contributed by atoms with Gasteiger partial charge in [-0.1, -0.05) is 11.6 Å². The number of anilines is 1. The molecule has 2 aliphatic rings. The maximum absolute atomic E-state index is 6.72. The molecule has 1 aromatic heterocycles. The molecule has 0 saturated carbocycles. The van der Waals surface area contributed by atoms with E-state index in [4.69, 9.17) is 27.2 Å². The first kappa shape index (κ1) is 21.0. The minimum Gasteiger partial charge on any atom is -0.496 e. The zero-order valence-corrected chi connectivity index (χ0v) is 19.3. The smallest absolute Gasteiger partial charge is 0.137 e. The third-order valence-corrected chi connectivity index (χ3v) is 6.85. The number of methoxy groups -OCH3 is 1. The number of amidine groups is 1. The van der Waals surface area contributed by atoms with Crippen LogP contribution < -0.4 is 15.8 Å². The Morgan fingerprint density at radius 3 is 2.60 bits per heavy atom. The van der Waals surface area contributed by atoms with Crippen molar-refractivity contribution in [2.75, 3.05) is 32.2 Å². The van der Waals surface area contributed by atoms with E-state index >= 15 is 0 Å². The van der Waals surface area contributed by atoms with Crippen LogP contribution in [0, 0.1) is 13.8 Å². The SMILES string of the molecule is COc1c(C(C)n2nc(C)c3c2NCN=C3N)cc(Cl)c(C)c1C1CN(C(C)C)C1. The number of rotatable bonds is 5. The van der Waals surface area contributed by atoms with Crippen molar-refractivity contribution in [1.29, 1.82) is 0 Å². The van der Waals surface area contributed by atoms with Crippen molar-refractivity contribution in [2.45, 2.75) is 52.6 Å². The molecule has 1 fully saturated rings. The molecular formula is C22H31ClN6O. The summed E-state index contributed by atoms with van der Waals surface area (Å²) >= 11 is 6.72. The van der Waals surface area contributed by atoms with E-state index in [9.17, 15) is 0 Å². The number of aliphatic imine (C=N–C) groups is 1. The van der Waals surface area contributed by atoms with Gasteiger partial charge in [0.05, 0.1) is 24.4 Å². The Morgan fingerprint density at radius 1 is 1.27 bits per heavy atom. The van der Waals surface area contributed by atoms with Crippen LogP contribution >= 0.6 is 11.6 Å². The first-order chi connectivity index (χ1) is 14.2. The molecule has 8 heteroatoms. The highest BCUT2D eigenvalue weighted by atomic mass is 35.5. The van der Waals surface area contributed by atoms with Crippen molar-refractivity contribution in [1.82, 2.24) is 14.7 Å². The maximum atomic E-state index is 6.72. The van der Waals surface area contributed by atoms with E-state index in [0.717, 1.165) is 52.1 Å². The molecule has 0 amide bonds. The van der Waals surface area contributed by atoms with Gasteiger partial charge in [-0.3, -0.25) is 4.90 Å². The van der Waals surface area contributed by atoms with Crippen LogP contribution in [0.15, 0.2) is 11.1 Å². The quantitative estimate of drug-likeness (QED) is 0.756. The van der Waals surface area contributed by atoms with E-state index in [-0.39, 0.29) is 6.04 Å². The molecule has 162 valence electrons. The van der Waals surface area contributed by atoms with Gasteiger partial charge in [-0.25, -0.2) is 9.67 Å². The lowest BCUT2D eigenvalue weighted by Gasteiger charge is -2.43. The lowest BCUT2D eigenvalue weighted by molar-refractivity contribution is 0.108. The van der Waals surface area contributed by atoms with E-state index < -0.39 is 0 Å². The molecule has 0 bridgehead atoms. The van der Waals surface area contributed by atoms with Gasteiger partial charge in [-0.2, -0.15) is 5.10 Å². The van der Waals surface area contributed by atoms with E-state index in [1.807, 2.05) is 17.7 Å². The van der Waals surface area contributed by atoms with Crippen LogP contribution in [-0.2, 0) is 0 Å². The number of aryl methyl sites for hydroxylation is 1. The normalized spacial score (nSPS) is 17.9. The van der Waals surface area contributed by atoms with Crippen molar-refractivity contribution in [3.8, 4) is 5.75 Å². The van der Waals surface area contributed by atoms with Crippen LogP contribution in [0.5, 0.6) is 5.75 Å². The third kappa shape index (κ3) is 3.24. The zero-order valence-electron chi connectivity index (χ0n) is 18.6. The second kappa shape index (κ2) is 7.78. The van der Waals surface area contributed by atoms with Crippen molar-refractivity contribution in [3.05, 3.63) is 39.0 Å². The van der Waals surface area contributed by atoms with E-state index in [1.54, 1.807) is 7.11 Å². The fraction of sp³-hybridized carbons (Fsp3) is 0.545. The highest BCUT2D eigenvalue weighted by Gasteiger charge is 2.35. The van der Waals surface area contributed by atoms with Gasteiger partial charge in [0.2, 0.25) is 0 Å². The summed E-state index contributed by atoms with van der Waals surface area (Å²) in [6, 6.07) is 2.48. The number of hydrogen-bond acceptors (Lipinski definition) is 6. The van der Waals surface area contributed by atoms with Crippen LogP contribution in [-0.4, -0.2) is 53.4 Å². The summed E-state index contributed by atoms with van der Waals surface area (Å²) in [5, 5.41) is 8.87. The molecule has 0 aliphatic carbocycles. The first-order valence-electron chi connectivity index (χ1n) is 10.5. The molecule has 2 aliphatic heterocycles. The molecule has 1 saturated heterocycles. The van der Waals surface area contributed by atoms with Crippen LogP contribution in [0.4, 0.5) is 5.82 Å². The standard InChI is InChI=1S/C22H31ClN6O/c1-11(2)28-8-15(9-28)18-12(3)17(23)7-16(20(18)30-6)14(5)29-22-19(13(4)27-29)21(24)25-10-26-22/h7,11,14-15,26H,8-10H2,1-6H3,(H2,24,25). The fourth-order valence-corrected chi connectivity index (χ4v) is 4.84. The Kier molecular flexibility index (Phi) is 5.45. The lowest BCUT2D eigenvalue weighted by Crippen LogP contribution is -2.48. The summed E-state index contributed by atoms with van der Waals surface area (Å²) in [5.74, 6) is 2.75. The number of nitrogens with zero attached hydrogens (tertiary/aromatic N) is 4. The number of aromatic nitrogens is 2. The lowest BCUT2D eigenvalue weighted by atomic mass is 9.84. The topological polar surface area (TPSA) is 80.7 Å². The number of halogens is 1. The Hall–Kier alpha value is -2.25. The minimum absolute atomic E-state index is 0.0843. The molecule has 2 aromatic rings. The van der Waals surface area contributed by atoms with Gasteiger partial charge in [0.15, 0.2) is 0 Å². The summed E-state index contributed by atoms with van der Waals surface area (Å²) in [6.07, 6.45) is 0. The van der Waals surface area contributed by atoms with E-state index in [0.29, 0.717) is 24.5 Å². The maximum Gasteiger partial charge on any atom is 0.137 e. The average Bonchev–Trinajstić information content (AvgIpc) is 3.00. The molecule has 1 aromatic carbocycles. The first-order valence-corrected chi connectivity index (χ1v) is 10.9. The number of benzene rings is 1. The third-order valence-electron chi connectivity index (χ3n) is 6.46. The number of hydrogen-bond donors (Lipinski definition) is 2. The van der Waals surface area contributed by atoms with Crippen molar-refractivity contribution in [3.63, 3.8) is 0 Å². The van der Waals surface area contributed by atoms with Gasteiger partial charge in [-0.15, -0.1) is 0 Å². The Bertz CT molecular complexity index is 1010. The van der Waals surface area contributed by atoms with Crippen LogP contribution in [0.2, 0.25) is 5.02 Å². The number of nitrogens with two attached hydrogens (primary N) is 1. The second-order valence-corrected chi connectivity index (χ2v) is 8.98. The van der Waals surface area contributed by atoms with Gasteiger partial charge >= 0.3 is 0 Å². The van der Waals surface area contributed by atoms with Crippen LogP contribution in [0.3, 0.4) is 0 Å². The summed E-state index contributed by atoms with van der Waals surface area (Å²) in [4.78, 5) is 6.76. The highest BCUT2D eigenvalue weighted by molar-refractivity contribution is 6.31. The Morgan fingerprint density at radius 2 is 1.97 bits per heavy atom. The largest absolute Gasteiger partial charge is 0.496 e. The van der Waals surface area contributed by atoms with Crippen molar-refractivity contribution in [2.24, 2.45) is 10.7 Å². The Labute approximate surface area is 183 Å². The van der Waals surface area contributed by atoms with Crippen LogP contribution in [0.1, 0.15) is 60.7 Å². The number of likely N-dealkylation sites (tertiary alicyclic amines) is 1. The molecular weight excluding hydrogens is 400 g/mol. The van der Waals surface area contributed by atoms with Gasteiger partial charge in [0.1, 0.15) is 24.1 Å². The number of fused-ring (bicyclic) bond motifs is 1. The molecule has 3 N–H and O–H groups in total. The van der Waals surface area contributed by atoms with Crippen LogP contribution in [0.25, 0.3) is 0 Å². The predicted octanol–water partition coefficient (Wildman–Crippen LogP) is 3.67. The summed E-state index contributed by atoms with van der Waals surface area (Å²) < 4.78 is 7.97. The summed E-state index contributed by atoms with van der Waals surface area (Å²) in [6.45, 7) is 13.1. The fourth-order valence-electron chi connectivity index (χ4n) is 4.63. The molecule has 0 radical (unpaired) electrons. The molecule has 0 spiro atoms. The second-order valence-electron chi connectivity index (χ2n) is 8.57. The van der Waals surface area contributed by atoms with E-state index in [2.05, 4.69) is 42.9 Å². The molecule has 3 heterocycles. The van der Waals surface area contributed by atoms with Crippen molar-refractivity contribution < 1.29 is 4.74 Å². The van der Waals surface area contributed by atoms with Gasteiger partial charge < -0.3 is 15.8 Å². The monoisotopic (exact) mass is 430 g/mol. The van der Waals surface area contributed by atoms with E-state index in [1.165, 1.54) is 5.56 Å².